The van der Waals surface area contributed by atoms with Crippen molar-refractivity contribution in [1.29, 1.82) is 0 Å². The topological polar surface area (TPSA) is 98.5 Å². The van der Waals surface area contributed by atoms with Crippen LogP contribution in [0.3, 0.4) is 0 Å². The van der Waals surface area contributed by atoms with Crippen LogP contribution in [0.1, 0.15) is 22.8 Å². The highest BCUT2D eigenvalue weighted by atomic mass is 16.6. The van der Waals surface area contributed by atoms with Crippen LogP contribution in [-0.2, 0) is 16.1 Å². The van der Waals surface area contributed by atoms with Crippen molar-refractivity contribution in [2.45, 2.75) is 19.6 Å². The van der Waals surface area contributed by atoms with Crippen molar-refractivity contribution >= 4 is 28.3 Å². The minimum Gasteiger partial charge on any atom is -0.459 e. The number of esters is 1. The van der Waals surface area contributed by atoms with Crippen LogP contribution in [0.25, 0.3) is 10.8 Å². The molecule has 0 bridgehead atoms. The highest BCUT2D eigenvalue weighted by Crippen LogP contribution is 2.19. The van der Waals surface area contributed by atoms with Crippen LogP contribution in [0.15, 0.2) is 66.7 Å². The Morgan fingerprint density at radius 1 is 1.07 bits per heavy atom. The second-order valence-electron chi connectivity index (χ2n) is 6.25. The highest BCUT2D eigenvalue weighted by Gasteiger charge is 2.19. The van der Waals surface area contributed by atoms with E-state index in [9.17, 15) is 19.7 Å². The van der Waals surface area contributed by atoms with E-state index >= 15 is 0 Å². The van der Waals surface area contributed by atoms with Crippen LogP contribution in [-0.4, -0.2) is 22.8 Å². The standard InChI is InChI=1S/C21H18N2O5/c1-14(22-20(24)16-8-5-10-18(12-16)23(26)27)21(25)28-13-17-9-4-7-15-6-2-3-11-19(15)17/h2-12,14H,13H2,1H3,(H,22,24)/t14-/m0/s1. The van der Waals surface area contributed by atoms with Gasteiger partial charge in [0.25, 0.3) is 11.6 Å². The van der Waals surface area contributed by atoms with Gasteiger partial charge in [0.1, 0.15) is 12.6 Å². The number of carbonyl (C=O) groups is 2. The Hall–Kier alpha value is -3.74. The lowest BCUT2D eigenvalue weighted by molar-refractivity contribution is -0.384. The number of amides is 1. The first-order valence-electron chi connectivity index (χ1n) is 8.64. The normalized spacial score (nSPS) is 11.6. The molecule has 3 aromatic carbocycles. The number of nitro benzene ring substituents is 1. The second-order valence-corrected chi connectivity index (χ2v) is 6.25. The van der Waals surface area contributed by atoms with E-state index in [0.29, 0.717) is 0 Å². The van der Waals surface area contributed by atoms with Crippen molar-refractivity contribution in [2.24, 2.45) is 0 Å². The number of carbonyl (C=O) groups excluding carboxylic acids is 2. The van der Waals surface area contributed by atoms with Gasteiger partial charge in [-0.15, -0.1) is 0 Å². The van der Waals surface area contributed by atoms with E-state index in [-0.39, 0.29) is 17.9 Å². The number of nitro groups is 1. The lowest BCUT2D eigenvalue weighted by Crippen LogP contribution is -2.39. The molecule has 3 rings (SSSR count). The number of ether oxygens (including phenoxy) is 1. The van der Waals surface area contributed by atoms with Crippen LogP contribution in [0.4, 0.5) is 5.69 Å². The number of benzene rings is 3. The van der Waals surface area contributed by atoms with Crippen LogP contribution in [0.5, 0.6) is 0 Å². The van der Waals surface area contributed by atoms with Gasteiger partial charge in [-0.3, -0.25) is 14.9 Å². The van der Waals surface area contributed by atoms with Crippen molar-refractivity contribution in [1.82, 2.24) is 5.32 Å². The summed E-state index contributed by atoms with van der Waals surface area (Å²) >= 11 is 0. The fourth-order valence-electron chi connectivity index (χ4n) is 2.79. The molecule has 7 nitrogen and oxygen atoms in total. The van der Waals surface area contributed by atoms with E-state index in [2.05, 4.69) is 5.32 Å². The molecule has 0 aliphatic rings. The zero-order valence-corrected chi connectivity index (χ0v) is 15.1. The zero-order chi connectivity index (χ0) is 20.1. The Morgan fingerprint density at radius 2 is 1.79 bits per heavy atom. The van der Waals surface area contributed by atoms with Gasteiger partial charge in [0.05, 0.1) is 4.92 Å². The molecule has 28 heavy (non-hydrogen) atoms. The average molecular weight is 378 g/mol. The summed E-state index contributed by atoms with van der Waals surface area (Å²) in [6.45, 7) is 1.58. The SMILES string of the molecule is C[C@H](NC(=O)c1cccc([N+](=O)[O-])c1)C(=O)OCc1cccc2ccccc12. The van der Waals surface area contributed by atoms with Gasteiger partial charge in [-0.25, -0.2) is 4.79 Å². The maximum Gasteiger partial charge on any atom is 0.328 e. The Morgan fingerprint density at radius 3 is 2.57 bits per heavy atom. The molecule has 0 aliphatic carbocycles. The van der Waals surface area contributed by atoms with Gasteiger partial charge in [0.2, 0.25) is 0 Å². The van der Waals surface area contributed by atoms with Gasteiger partial charge in [-0.05, 0) is 29.3 Å². The van der Waals surface area contributed by atoms with Crippen LogP contribution in [0.2, 0.25) is 0 Å². The number of nitrogens with zero attached hydrogens (tertiary/aromatic N) is 1. The summed E-state index contributed by atoms with van der Waals surface area (Å²) in [4.78, 5) is 34.7. The molecule has 3 aromatic rings. The molecular weight excluding hydrogens is 360 g/mol. The Kier molecular flexibility index (Phi) is 5.64. The molecule has 0 fully saturated rings. The number of hydrogen-bond acceptors (Lipinski definition) is 5. The maximum absolute atomic E-state index is 12.2. The molecule has 0 aliphatic heterocycles. The van der Waals surface area contributed by atoms with Gasteiger partial charge in [0, 0.05) is 17.7 Å². The fraction of sp³-hybridized carbons (Fsp3) is 0.143. The summed E-state index contributed by atoms with van der Waals surface area (Å²) in [5, 5.41) is 15.4. The molecule has 0 saturated carbocycles. The molecule has 0 aromatic heterocycles. The fourth-order valence-corrected chi connectivity index (χ4v) is 2.79. The molecular formula is C21H18N2O5. The monoisotopic (exact) mass is 378 g/mol. The van der Waals surface area contributed by atoms with Crippen molar-refractivity contribution in [3.8, 4) is 0 Å². The average Bonchev–Trinajstić information content (AvgIpc) is 2.71. The van der Waals surface area contributed by atoms with Crippen LogP contribution < -0.4 is 5.32 Å². The van der Waals surface area contributed by atoms with E-state index in [4.69, 9.17) is 4.74 Å². The summed E-state index contributed by atoms with van der Waals surface area (Å²) in [5.41, 5.74) is 0.769. The highest BCUT2D eigenvalue weighted by molar-refractivity contribution is 5.97. The van der Waals surface area contributed by atoms with E-state index in [1.54, 1.807) is 0 Å². The van der Waals surface area contributed by atoms with Gasteiger partial charge in [-0.2, -0.15) is 0 Å². The molecule has 0 spiro atoms. The van der Waals surface area contributed by atoms with Crippen molar-refractivity contribution in [3.05, 3.63) is 88.0 Å². The largest absolute Gasteiger partial charge is 0.459 e. The van der Waals surface area contributed by atoms with Crippen molar-refractivity contribution < 1.29 is 19.2 Å². The lowest BCUT2D eigenvalue weighted by Gasteiger charge is -2.14. The van der Waals surface area contributed by atoms with Gasteiger partial charge < -0.3 is 10.1 Å². The third-order valence-electron chi connectivity index (χ3n) is 4.27. The molecule has 0 unspecified atom stereocenters. The Bertz CT molecular complexity index is 1040. The Balaban J connectivity index is 1.62. The maximum atomic E-state index is 12.2. The van der Waals surface area contributed by atoms with Gasteiger partial charge in [0.15, 0.2) is 0 Å². The summed E-state index contributed by atoms with van der Waals surface area (Å²) in [7, 11) is 0. The number of rotatable bonds is 6. The molecule has 142 valence electrons. The summed E-state index contributed by atoms with van der Waals surface area (Å²) in [5.74, 6) is -1.18. The van der Waals surface area contributed by atoms with E-state index in [1.165, 1.54) is 25.1 Å². The summed E-state index contributed by atoms with van der Waals surface area (Å²) in [6, 6.07) is 17.9. The number of hydrogen-bond donors (Lipinski definition) is 1. The first kappa shape index (κ1) is 19.0. The molecule has 0 radical (unpaired) electrons. The molecule has 1 N–H and O–H groups in total. The van der Waals surface area contributed by atoms with Crippen molar-refractivity contribution in [2.75, 3.05) is 0 Å². The third-order valence-corrected chi connectivity index (χ3v) is 4.27. The molecule has 0 heterocycles. The van der Waals surface area contributed by atoms with Crippen LogP contribution >= 0.6 is 0 Å². The number of nitrogens with one attached hydrogen (secondary N) is 1. The first-order chi connectivity index (χ1) is 13.5. The van der Waals surface area contributed by atoms with Crippen molar-refractivity contribution in [3.63, 3.8) is 0 Å². The van der Waals surface area contributed by atoms with E-state index in [1.807, 2.05) is 42.5 Å². The van der Waals surface area contributed by atoms with Gasteiger partial charge >= 0.3 is 5.97 Å². The van der Waals surface area contributed by atoms with Crippen LogP contribution in [0, 0.1) is 10.1 Å². The zero-order valence-electron chi connectivity index (χ0n) is 15.1. The van der Waals surface area contributed by atoms with E-state index in [0.717, 1.165) is 22.4 Å². The summed E-state index contributed by atoms with van der Waals surface area (Å²) in [6.07, 6.45) is 0. The predicted molar refractivity (Wildman–Crippen MR) is 104 cm³/mol. The minimum absolute atomic E-state index is 0.0806. The first-order valence-corrected chi connectivity index (χ1v) is 8.64. The second kappa shape index (κ2) is 8.30. The quantitative estimate of drug-likeness (QED) is 0.401. The molecule has 1 atom stereocenters. The lowest BCUT2D eigenvalue weighted by atomic mass is 10.1. The summed E-state index contributed by atoms with van der Waals surface area (Å²) < 4.78 is 5.33. The number of non-ortho nitro benzene ring substituents is 1. The molecule has 1 amide bonds. The third kappa shape index (κ3) is 4.32. The number of fused-ring (bicyclic) bond motifs is 1. The smallest absolute Gasteiger partial charge is 0.328 e. The van der Waals surface area contributed by atoms with E-state index < -0.39 is 22.8 Å². The molecule has 0 saturated heterocycles. The Labute approximate surface area is 161 Å². The predicted octanol–water partition coefficient (Wildman–Crippen LogP) is 3.61. The minimum atomic E-state index is -0.901. The van der Waals surface area contributed by atoms with Gasteiger partial charge in [-0.1, -0.05) is 48.5 Å². The molecule has 7 heteroatoms.